The summed E-state index contributed by atoms with van der Waals surface area (Å²) in [6.45, 7) is 7.20. The summed E-state index contributed by atoms with van der Waals surface area (Å²) in [5.74, 6) is 0. The van der Waals surface area contributed by atoms with Crippen LogP contribution in [-0.2, 0) is 6.42 Å². The van der Waals surface area contributed by atoms with Crippen LogP contribution in [0.15, 0.2) is 30.3 Å². The van der Waals surface area contributed by atoms with Crippen molar-refractivity contribution >= 4 is 0 Å². The number of nitrogens with zero attached hydrogens (tertiary/aromatic N) is 1. The fourth-order valence-corrected chi connectivity index (χ4v) is 2.90. The van der Waals surface area contributed by atoms with Gasteiger partial charge in [0.05, 0.1) is 0 Å². The monoisotopic (exact) mass is 260 g/mol. The third-order valence-corrected chi connectivity index (χ3v) is 3.97. The molecule has 1 atom stereocenters. The quantitative estimate of drug-likeness (QED) is 0.791. The number of nitrogens with one attached hydrogen (secondary N) is 1. The van der Waals surface area contributed by atoms with E-state index in [1.54, 1.807) is 0 Å². The summed E-state index contributed by atoms with van der Waals surface area (Å²) in [5.41, 5.74) is 1.45. The van der Waals surface area contributed by atoms with Crippen molar-refractivity contribution in [2.24, 2.45) is 0 Å². The minimum absolute atomic E-state index is 0.617. The zero-order chi connectivity index (χ0) is 13.3. The van der Waals surface area contributed by atoms with Crippen molar-refractivity contribution < 1.29 is 0 Å². The average Bonchev–Trinajstić information content (AvgIpc) is 2.66. The zero-order valence-corrected chi connectivity index (χ0v) is 12.3. The normalized spacial score (nSPS) is 21.2. The highest BCUT2D eigenvalue weighted by atomic mass is 15.2. The van der Waals surface area contributed by atoms with Gasteiger partial charge in [-0.2, -0.15) is 0 Å². The van der Waals surface area contributed by atoms with Gasteiger partial charge >= 0.3 is 0 Å². The van der Waals surface area contributed by atoms with Crippen LogP contribution in [0.1, 0.15) is 38.2 Å². The van der Waals surface area contributed by atoms with Gasteiger partial charge in [-0.3, -0.25) is 0 Å². The maximum absolute atomic E-state index is 3.71. The largest absolute Gasteiger partial charge is 0.312 e. The van der Waals surface area contributed by atoms with E-state index in [1.807, 2.05) is 0 Å². The molecule has 1 saturated heterocycles. The number of unbranched alkanes of at least 4 members (excludes halogenated alkanes) is 2. The lowest BCUT2D eigenvalue weighted by Crippen LogP contribution is -2.39. The number of rotatable bonds is 6. The molecule has 1 aromatic rings. The van der Waals surface area contributed by atoms with Crippen molar-refractivity contribution in [2.45, 2.75) is 45.1 Å². The molecule has 0 spiro atoms. The molecule has 0 saturated carbocycles. The Morgan fingerprint density at radius 1 is 1.21 bits per heavy atom. The van der Waals surface area contributed by atoms with Crippen LogP contribution in [0.5, 0.6) is 0 Å². The molecule has 1 aliphatic heterocycles. The Morgan fingerprint density at radius 2 is 2.05 bits per heavy atom. The molecule has 1 aromatic carbocycles. The number of benzene rings is 1. The van der Waals surface area contributed by atoms with Crippen molar-refractivity contribution in [3.63, 3.8) is 0 Å². The molecule has 0 amide bonds. The Bertz CT molecular complexity index is 336. The van der Waals surface area contributed by atoms with Gasteiger partial charge in [-0.1, -0.05) is 50.1 Å². The van der Waals surface area contributed by atoms with Crippen LogP contribution < -0.4 is 5.32 Å². The van der Waals surface area contributed by atoms with E-state index in [9.17, 15) is 0 Å². The molecule has 1 N–H and O–H groups in total. The molecular weight excluding hydrogens is 232 g/mol. The second-order valence-corrected chi connectivity index (χ2v) is 5.70. The van der Waals surface area contributed by atoms with Crippen LogP contribution in [0.4, 0.5) is 0 Å². The van der Waals surface area contributed by atoms with Gasteiger partial charge in [0.15, 0.2) is 0 Å². The molecule has 0 aromatic heterocycles. The van der Waals surface area contributed by atoms with Crippen LogP contribution in [0, 0.1) is 0 Å². The molecule has 2 heteroatoms. The average molecular weight is 260 g/mol. The molecule has 1 fully saturated rings. The molecule has 2 nitrogen and oxygen atoms in total. The lowest BCUT2D eigenvalue weighted by Gasteiger charge is -2.24. The van der Waals surface area contributed by atoms with E-state index in [1.165, 1.54) is 57.4 Å². The number of hydrogen-bond donors (Lipinski definition) is 1. The van der Waals surface area contributed by atoms with Crippen LogP contribution in [-0.4, -0.2) is 37.1 Å². The van der Waals surface area contributed by atoms with Crippen LogP contribution in [0.3, 0.4) is 0 Å². The summed E-state index contributed by atoms with van der Waals surface area (Å²) < 4.78 is 0. The molecule has 1 aliphatic rings. The van der Waals surface area contributed by atoms with Gasteiger partial charge in [0.25, 0.3) is 0 Å². The highest BCUT2D eigenvalue weighted by Gasteiger charge is 2.17. The van der Waals surface area contributed by atoms with Crippen LogP contribution in [0.25, 0.3) is 0 Å². The van der Waals surface area contributed by atoms with Crippen molar-refractivity contribution in [2.75, 3.05) is 26.2 Å². The maximum atomic E-state index is 3.71. The summed E-state index contributed by atoms with van der Waals surface area (Å²) >= 11 is 0. The lowest BCUT2D eigenvalue weighted by molar-refractivity contribution is 0.261. The van der Waals surface area contributed by atoms with E-state index in [-0.39, 0.29) is 0 Å². The topological polar surface area (TPSA) is 15.3 Å². The van der Waals surface area contributed by atoms with E-state index >= 15 is 0 Å². The van der Waals surface area contributed by atoms with Crippen LogP contribution >= 0.6 is 0 Å². The predicted molar refractivity (Wildman–Crippen MR) is 82.5 cm³/mol. The molecule has 0 aliphatic carbocycles. The molecule has 0 bridgehead atoms. The third-order valence-electron chi connectivity index (χ3n) is 3.97. The first kappa shape index (κ1) is 14.5. The molecule has 19 heavy (non-hydrogen) atoms. The molecule has 2 rings (SSSR count). The first-order valence-electron chi connectivity index (χ1n) is 7.88. The van der Waals surface area contributed by atoms with Crippen molar-refractivity contribution in [3.05, 3.63) is 35.9 Å². The Balaban J connectivity index is 1.82. The Morgan fingerprint density at radius 3 is 2.84 bits per heavy atom. The molecular formula is C17H28N2. The fourth-order valence-electron chi connectivity index (χ4n) is 2.90. The van der Waals surface area contributed by atoms with E-state index in [4.69, 9.17) is 0 Å². The lowest BCUT2D eigenvalue weighted by atomic mass is 10.1. The van der Waals surface area contributed by atoms with Crippen LogP contribution in [0.2, 0.25) is 0 Å². The van der Waals surface area contributed by atoms with E-state index in [0.29, 0.717) is 6.04 Å². The minimum Gasteiger partial charge on any atom is -0.312 e. The maximum Gasteiger partial charge on any atom is 0.0235 e. The standard InChI is InChI=1S/C17H28N2/c1-2-3-7-12-19-13-8-11-18-17(15-19)14-16-9-5-4-6-10-16/h4-6,9-10,17-18H,2-3,7-8,11-15H2,1H3. The van der Waals surface area contributed by atoms with Gasteiger partial charge in [-0.15, -0.1) is 0 Å². The summed E-state index contributed by atoms with van der Waals surface area (Å²) in [5, 5.41) is 3.71. The van der Waals surface area contributed by atoms with Crippen molar-refractivity contribution in [3.8, 4) is 0 Å². The molecule has 1 unspecified atom stereocenters. The highest BCUT2D eigenvalue weighted by Crippen LogP contribution is 2.09. The van der Waals surface area contributed by atoms with Gasteiger partial charge in [0.1, 0.15) is 0 Å². The van der Waals surface area contributed by atoms with Gasteiger partial charge in [-0.05, 0) is 44.5 Å². The zero-order valence-electron chi connectivity index (χ0n) is 12.3. The van der Waals surface area contributed by atoms with Gasteiger partial charge in [-0.25, -0.2) is 0 Å². The summed E-state index contributed by atoms with van der Waals surface area (Å²) in [4.78, 5) is 2.66. The summed E-state index contributed by atoms with van der Waals surface area (Å²) in [6, 6.07) is 11.5. The Hall–Kier alpha value is -0.860. The Kier molecular flexibility index (Phi) is 6.38. The second kappa shape index (κ2) is 8.34. The van der Waals surface area contributed by atoms with Gasteiger partial charge in [0, 0.05) is 12.6 Å². The molecule has 106 valence electrons. The first-order chi connectivity index (χ1) is 9.38. The SMILES string of the molecule is CCCCCN1CCCNC(Cc2ccccc2)C1. The third kappa shape index (κ3) is 5.33. The minimum atomic E-state index is 0.617. The van der Waals surface area contributed by atoms with E-state index < -0.39 is 0 Å². The number of hydrogen-bond acceptors (Lipinski definition) is 2. The summed E-state index contributed by atoms with van der Waals surface area (Å²) in [6.07, 6.45) is 6.49. The predicted octanol–water partition coefficient (Wildman–Crippen LogP) is 3.08. The fraction of sp³-hybridized carbons (Fsp3) is 0.647. The smallest absolute Gasteiger partial charge is 0.0235 e. The Labute approximate surface area is 118 Å². The van der Waals surface area contributed by atoms with Gasteiger partial charge < -0.3 is 10.2 Å². The second-order valence-electron chi connectivity index (χ2n) is 5.70. The van der Waals surface area contributed by atoms with E-state index in [2.05, 4.69) is 47.5 Å². The van der Waals surface area contributed by atoms with Crippen molar-refractivity contribution in [1.82, 2.24) is 10.2 Å². The molecule has 1 heterocycles. The van der Waals surface area contributed by atoms with E-state index in [0.717, 1.165) is 6.42 Å². The first-order valence-corrected chi connectivity index (χ1v) is 7.88. The molecule has 0 radical (unpaired) electrons. The van der Waals surface area contributed by atoms with Crippen molar-refractivity contribution in [1.29, 1.82) is 0 Å². The van der Waals surface area contributed by atoms with Gasteiger partial charge in [0.2, 0.25) is 0 Å². The highest BCUT2D eigenvalue weighted by molar-refractivity contribution is 5.16. The summed E-state index contributed by atoms with van der Waals surface area (Å²) in [7, 11) is 0.